The first-order valence-corrected chi connectivity index (χ1v) is 6.10. The fourth-order valence-corrected chi connectivity index (χ4v) is 1.24. The average molecular weight is 246 g/mol. The van der Waals surface area contributed by atoms with Crippen LogP contribution in [0.25, 0.3) is 0 Å². The Hall–Kier alpha value is -1.96. The maximum Gasteiger partial charge on any atom is 0.169 e. The Labute approximate surface area is 110 Å². The minimum absolute atomic E-state index is 0.138. The van der Waals surface area contributed by atoms with Gasteiger partial charge in [-0.2, -0.15) is 0 Å². The van der Waals surface area contributed by atoms with Gasteiger partial charge in [0.15, 0.2) is 11.5 Å². The van der Waals surface area contributed by atoms with E-state index in [1.807, 2.05) is 39.8 Å². The van der Waals surface area contributed by atoms with Crippen molar-refractivity contribution in [3.63, 3.8) is 0 Å². The summed E-state index contributed by atoms with van der Waals surface area (Å²) in [5.41, 5.74) is 0.991. The van der Waals surface area contributed by atoms with Crippen molar-refractivity contribution in [1.82, 2.24) is 0 Å². The van der Waals surface area contributed by atoms with Gasteiger partial charge in [-0.3, -0.25) is 0 Å². The van der Waals surface area contributed by atoms with Gasteiger partial charge < -0.3 is 9.84 Å². The number of ether oxygens (including phenoxy) is 1. The molecule has 2 nitrogen and oxygen atoms in total. The Balaban J connectivity index is 0.00000137. The molecule has 0 radical (unpaired) electrons. The molecule has 0 atom stereocenters. The van der Waals surface area contributed by atoms with E-state index in [9.17, 15) is 5.11 Å². The zero-order chi connectivity index (χ0) is 14.0. The van der Waals surface area contributed by atoms with E-state index in [0.717, 1.165) is 5.56 Å². The Bertz CT molecular complexity index is 429. The van der Waals surface area contributed by atoms with E-state index >= 15 is 0 Å². The van der Waals surface area contributed by atoms with E-state index in [4.69, 9.17) is 4.74 Å². The molecule has 0 amide bonds. The topological polar surface area (TPSA) is 29.5 Å². The van der Waals surface area contributed by atoms with Crippen LogP contribution < -0.4 is 4.74 Å². The molecule has 1 aromatic rings. The van der Waals surface area contributed by atoms with Crippen molar-refractivity contribution in [3.8, 4) is 11.5 Å². The third-order valence-electron chi connectivity index (χ3n) is 1.96. The number of allylic oxidation sites excluding steroid dienone is 4. The summed E-state index contributed by atoms with van der Waals surface area (Å²) in [6.07, 6.45) is 7.04. The van der Waals surface area contributed by atoms with E-state index < -0.39 is 0 Å². The van der Waals surface area contributed by atoms with Crippen molar-refractivity contribution in [3.05, 3.63) is 60.4 Å². The van der Waals surface area contributed by atoms with Gasteiger partial charge in [0, 0.05) is 0 Å². The first kappa shape index (κ1) is 16.0. The van der Waals surface area contributed by atoms with Crippen molar-refractivity contribution in [1.29, 1.82) is 0 Å². The number of phenols is 1. The summed E-state index contributed by atoms with van der Waals surface area (Å²) in [6.45, 7) is 11.4. The van der Waals surface area contributed by atoms with Gasteiger partial charge in [0.25, 0.3) is 0 Å². The lowest BCUT2D eigenvalue weighted by Crippen LogP contribution is -1.92. The molecule has 0 spiro atoms. The van der Waals surface area contributed by atoms with Crippen molar-refractivity contribution in [2.24, 2.45) is 0 Å². The molecule has 0 aliphatic carbocycles. The highest BCUT2D eigenvalue weighted by atomic mass is 16.5. The molecular weight excluding hydrogens is 224 g/mol. The van der Waals surface area contributed by atoms with Gasteiger partial charge in [0.05, 0.1) is 0 Å². The molecule has 0 aromatic heterocycles. The zero-order valence-electron chi connectivity index (χ0n) is 11.6. The van der Waals surface area contributed by atoms with Crippen LogP contribution in [0.2, 0.25) is 0 Å². The number of hydrogen-bond donors (Lipinski definition) is 1. The summed E-state index contributed by atoms with van der Waals surface area (Å²) in [4.78, 5) is 0. The maximum absolute atomic E-state index is 9.67. The molecule has 1 aromatic carbocycles. The summed E-state index contributed by atoms with van der Waals surface area (Å²) in [5, 5.41) is 9.67. The lowest BCUT2D eigenvalue weighted by Gasteiger charge is -2.08. The molecule has 0 bridgehead atoms. The van der Waals surface area contributed by atoms with Gasteiger partial charge in [0.2, 0.25) is 0 Å². The molecule has 1 rings (SSSR count). The third kappa shape index (κ3) is 5.39. The van der Waals surface area contributed by atoms with Crippen molar-refractivity contribution in [2.45, 2.75) is 27.7 Å². The SMILES string of the molecule is C=C/C=C(\C=C/C)Oc1ccc(C)cc1O.CC. The Morgan fingerprint density at radius 2 is 2.00 bits per heavy atom. The molecular formula is C16H22O2. The highest BCUT2D eigenvalue weighted by Crippen LogP contribution is 2.28. The van der Waals surface area contributed by atoms with Gasteiger partial charge in [-0.05, 0) is 43.7 Å². The number of rotatable bonds is 4. The van der Waals surface area contributed by atoms with Crippen LogP contribution in [0.3, 0.4) is 0 Å². The highest BCUT2D eigenvalue weighted by molar-refractivity contribution is 5.43. The lowest BCUT2D eigenvalue weighted by molar-refractivity contribution is 0.392. The van der Waals surface area contributed by atoms with Crippen LogP contribution in [0.15, 0.2) is 54.8 Å². The molecule has 0 aliphatic rings. The van der Waals surface area contributed by atoms with Gasteiger partial charge in [-0.1, -0.05) is 38.6 Å². The largest absolute Gasteiger partial charge is 0.504 e. The van der Waals surface area contributed by atoms with Crippen molar-refractivity contribution >= 4 is 0 Å². The van der Waals surface area contributed by atoms with Gasteiger partial charge in [-0.15, -0.1) is 0 Å². The first-order valence-electron chi connectivity index (χ1n) is 6.10. The van der Waals surface area contributed by atoms with Crippen LogP contribution in [0.1, 0.15) is 26.3 Å². The smallest absolute Gasteiger partial charge is 0.169 e. The van der Waals surface area contributed by atoms with E-state index in [2.05, 4.69) is 6.58 Å². The highest BCUT2D eigenvalue weighted by Gasteiger charge is 2.03. The standard InChI is InChI=1S/C14H16O2.C2H6/c1-4-6-12(7-5-2)16-14-9-8-11(3)10-13(14)15;1-2/h4-10,15H,1H2,2-3H3;1-2H3/b7-5-,12-6+;. The zero-order valence-corrected chi connectivity index (χ0v) is 11.6. The monoisotopic (exact) mass is 246 g/mol. The van der Waals surface area contributed by atoms with Crippen molar-refractivity contribution < 1.29 is 9.84 Å². The molecule has 98 valence electrons. The molecule has 0 fully saturated rings. The number of hydrogen-bond acceptors (Lipinski definition) is 2. The Kier molecular flexibility index (Phi) is 8.12. The maximum atomic E-state index is 9.67. The summed E-state index contributed by atoms with van der Waals surface area (Å²) in [5.74, 6) is 1.22. The first-order chi connectivity index (χ1) is 8.67. The van der Waals surface area contributed by atoms with Crippen LogP contribution in [0.5, 0.6) is 11.5 Å². The summed E-state index contributed by atoms with van der Waals surface area (Å²) >= 11 is 0. The third-order valence-corrected chi connectivity index (χ3v) is 1.96. The second-order valence-corrected chi connectivity index (χ2v) is 3.38. The molecule has 0 heterocycles. The van der Waals surface area contributed by atoms with Gasteiger partial charge in [0.1, 0.15) is 5.76 Å². The fourth-order valence-electron chi connectivity index (χ4n) is 1.24. The Morgan fingerprint density at radius 3 is 2.50 bits per heavy atom. The van der Waals surface area contributed by atoms with E-state index in [0.29, 0.717) is 11.5 Å². The van der Waals surface area contributed by atoms with Crippen LogP contribution in [-0.4, -0.2) is 5.11 Å². The molecule has 0 saturated carbocycles. The summed E-state index contributed by atoms with van der Waals surface area (Å²) in [6, 6.07) is 5.29. The van der Waals surface area contributed by atoms with E-state index in [-0.39, 0.29) is 5.75 Å². The molecule has 0 aliphatic heterocycles. The van der Waals surface area contributed by atoms with Gasteiger partial charge in [-0.25, -0.2) is 0 Å². The average Bonchev–Trinajstić information content (AvgIpc) is 2.36. The summed E-state index contributed by atoms with van der Waals surface area (Å²) < 4.78 is 5.53. The predicted octanol–water partition coefficient (Wildman–Crippen LogP) is 4.75. The van der Waals surface area contributed by atoms with Crippen molar-refractivity contribution in [2.75, 3.05) is 0 Å². The normalized spacial score (nSPS) is 10.8. The van der Waals surface area contributed by atoms with Crippen LogP contribution in [0.4, 0.5) is 0 Å². The molecule has 1 N–H and O–H groups in total. The van der Waals surface area contributed by atoms with Gasteiger partial charge >= 0.3 is 0 Å². The molecule has 0 unspecified atom stereocenters. The molecule has 0 saturated heterocycles. The number of aryl methyl sites for hydroxylation is 1. The predicted molar refractivity (Wildman–Crippen MR) is 77.9 cm³/mol. The molecule has 2 heteroatoms. The van der Waals surface area contributed by atoms with E-state index in [1.54, 1.807) is 30.4 Å². The molecule has 18 heavy (non-hydrogen) atoms. The number of aromatic hydroxyl groups is 1. The minimum Gasteiger partial charge on any atom is -0.504 e. The quantitative estimate of drug-likeness (QED) is 0.613. The number of benzene rings is 1. The Morgan fingerprint density at radius 1 is 1.33 bits per heavy atom. The van der Waals surface area contributed by atoms with Crippen LogP contribution in [0, 0.1) is 6.92 Å². The fraction of sp³-hybridized carbons (Fsp3) is 0.250. The van der Waals surface area contributed by atoms with Crippen LogP contribution in [-0.2, 0) is 0 Å². The van der Waals surface area contributed by atoms with Crippen LogP contribution >= 0.6 is 0 Å². The second-order valence-electron chi connectivity index (χ2n) is 3.38. The second kappa shape index (κ2) is 9.11. The van der Waals surface area contributed by atoms with E-state index in [1.165, 1.54) is 0 Å². The number of phenolic OH excluding ortho intramolecular Hbond substituents is 1. The summed E-state index contributed by atoms with van der Waals surface area (Å²) in [7, 11) is 0. The lowest BCUT2D eigenvalue weighted by atomic mass is 10.2. The minimum atomic E-state index is 0.138.